The van der Waals surface area contributed by atoms with Crippen LogP contribution in [-0.4, -0.2) is 15.2 Å². The highest BCUT2D eigenvalue weighted by Gasteiger charge is 2.33. The number of rotatable bonds is 3. The number of hydrogen-bond donors (Lipinski definition) is 1. The van der Waals surface area contributed by atoms with Crippen molar-refractivity contribution in [1.29, 1.82) is 0 Å². The molecule has 0 radical (unpaired) electrons. The number of nitrogens with one attached hydrogen (secondary N) is 1. The van der Waals surface area contributed by atoms with E-state index in [4.69, 9.17) is 0 Å². The molecular weight excluding hydrogens is 311 g/mol. The van der Waals surface area contributed by atoms with Gasteiger partial charge in [0.25, 0.3) is 0 Å². The smallest absolute Gasteiger partial charge is 0.273 e. The minimum absolute atomic E-state index is 0.182. The normalized spacial score (nSPS) is 11.8. The summed E-state index contributed by atoms with van der Waals surface area (Å²) in [4.78, 5) is 6.43. The summed E-state index contributed by atoms with van der Waals surface area (Å²) < 4.78 is 37.8. The number of thiophene rings is 1. The summed E-state index contributed by atoms with van der Waals surface area (Å²) in [6, 6.07) is 8.62. The molecule has 0 atom stereocenters. The van der Waals surface area contributed by atoms with E-state index in [9.17, 15) is 13.2 Å². The van der Waals surface area contributed by atoms with Crippen LogP contribution in [0.25, 0.3) is 21.8 Å². The Bertz CT molecular complexity index is 789. The van der Waals surface area contributed by atoms with Gasteiger partial charge in [-0.1, -0.05) is 6.92 Å². The van der Waals surface area contributed by atoms with Gasteiger partial charge >= 0.3 is 6.18 Å². The molecule has 0 bridgehead atoms. The summed E-state index contributed by atoms with van der Waals surface area (Å²) in [7, 11) is 0. The van der Waals surface area contributed by atoms with Crippen molar-refractivity contribution in [2.45, 2.75) is 19.5 Å². The molecule has 3 rings (SSSR count). The van der Waals surface area contributed by atoms with Gasteiger partial charge in [0, 0.05) is 16.0 Å². The van der Waals surface area contributed by atoms with Gasteiger partial charge in [0.05, 0.1) is 5.69 Å². The number of aryl methyl sites for hydroxylation is 1. The van der Waals surface area contributed by atoms with E-state index >= 15 is 0 Å². The van der Waals surface area contributed by atoms with Crippen LogP contribution in [0.1, 0.15) is 17.5 Å². The molecule has 0 unspecified atom stereocenters. The first-order valence-electron chi connectivity index (χ1n) is 6.65. The Kier molecular flexibility index (Phi) is 3.74. The van der Waals surface area contributed by atoms with Crippen molar-refractivity contribution in [2.24, 2.45) is 0 Å². The number of aromatic nitrogens is 3. The molecule has 22 heavy (non-hydrogen) atoms. The van der Waals surface area contributed by atoms with Crippen LogP contribution >= 0.6 is 11.3 Å². The highest BCUT2D eigenvalue weighted by molar-refractivity contribution is 7.15. The first kappa shape index (κ1) is 14.8. The third-order valence-electron chi connectivity index (χ3n) is 3.20. The largest absolute Gasteiger partial charge is 0.432 e. The minimum Gasteiger partial charge on any atom is -0.273 e. The Hall–Kier alpha value is -2.15. The van der Waals surface area contributed by atoms with Crippen molar-refractivity contribution < 1.29 is 13.2 Å². The van der Waals surface area contributed by atoms with E-state index in [1.54, 1.807) is 23.6 Å². The number of hydrogen-bond acceptors (Lipinski definition) is 3. The van der Waals surface area contributed by atoms with E-state index in [0.717, 1.165) is 22.9 Å². The molecule has 1 N–H and O–H groups in total. The fourth-order valence-electron chi connectivity index (χ4n) is 2.05. The second-order valence-corrected chi connectivity index (χ2v) is 5.88. The fraction of sp³-hybridized carbons (Fsp3) is 0.200. The lowest BCUT2D eigenvalue weighted by Crippen LogP contribution is -2.04. The molecule has 114 valence electrons. The third kappa shape index (κ3) is 2.89. The predicted molar refractivity (Wildman–Crippen MR) is 79.5 cm³/mol. The van der Waals surface area contributed by atoms with Crippen molar-refractivity contribution in [3.63, 3.8) is 0 Å². The van der Waals surface area contributed by atoms with Gasteiger partial charge in [0.2, 0.25) is 0 Å². The molecular formula is C15H12F3N3S. The van der Waals surface area contributed by atoms with Crippen molar-refractivity contribution in [2.75, 3.05) is 0 Å². The second kappa shape index (κ2) is 5.57. The molecule has 0 aliphatic heterocycles. The van der Waals surface area contributed by atoms with Crippen molar-refractivity contribution in [3.05, 3.63) is 47.1 Å². The SMILES string of the molecule is CCc1ccc(-c2ccnc(-c3cc(C(F)(F)F)[nH]n3)c2)s1. The molecule has 7 heteroatoms. The summed E-state index contributed by atoms with van der Waals surface area (Å²) in [5.41, 5.74) is 0.641. The number of halogens is 3. The molecule has 0 amide bonds. The van der Waals surface area contributed by atoms with Gasteiger partial charge in [0.1, 0.15) is 11.4 Å². The van der Waals surface area contributed by atoms with E-state index in [1.165, 1.54) is 4.88 Å². The minimum atomic E-state index is -4.44. The summed E-state index contributed by atoms with van der Waals surface area (Å²) in [5, 5.41) is 5.71. The lowest BCUT2D eigenvalue weighted by molar-refractivity contribution is -0.141. The van der Waals surface area contributed by atoms with Crippen LogP contribution in [0.3, 0.4) is 0 Å². The van der Waals surface area contributed by atoms with Crippen LogP contribution in [0.2, 0.25) is 0 Å². The Labute approximate surface area is 128 Å². The Morgan fingerprint density at radius 3 is 2.59 bits per heavy atom. The maximum absolute atomic E-state index is 12.6. The van der Waals surface area contributed by atoms with E-state index in [-0.39, 0.29) is 5.69 Å². The fourth-order valence-corrected chi connectivity index (χ4v) is 2.99. The van der Waals surface area contributed by atoms with E-state index in [1.807, 2.05) is 17.2 Å². The lowest BCUT2D eigenvalue weighted by Gasteiger charge is -2.01. The van der Waals surface area contributed by atoms with Crippen molar-refractivity contribution >= 4 is 11.3 Å². The number of alkyl halides is 3. The summed E-state index contributed by atoms with van der Waals surface area (Å²) in [6.45, 7) is 2.08. The van der Waals surface area contributed by atoms with Gasteiger partial charge in [-0.25, -0.2) is 0 Å². The van der Waals surface area contributed by atoms with E-state index < -0.39 is 11.9 Å². The summed E-state index contributed by atoms with van der Waals surface area (Å²) in [5.74, 6) is 0. The zero-order valence-corrected chi connectivity index (χ0v) is 12.4. The van der Waals surface area contributed by atoms with Crippen LogP contribution < -0.4 is 0 Å². The number of H-pyrrole nitrogens is 1. The highest BCUT2D eigenvalue weighted by atomic mass is 32.1. The van der Waals surface area contributed by atoms with Crippen molar-refractivity contribution in [3.8, 4) is 21.8 Å². The standard InChI is InChI=1S/C15H12F3N3S/c1-2-10-3-4-13(22-10)9-5-6-19-11(7-9)12-8-14(21-20-12)15(16,17)18/h3-8H,2H2,1H3,(H,20,21). The van der Waals surface area contributed by atoms with Crippen LogP contribution in [0.15, 0.2) is 36.5 Å². The lowest BCUT2D eigenvalue weighted by atomic mass is 10.1. The average Bonchev–Trinajstić information content (AvgIpc) is 3.16. The van der Waals surface area contributed by atoms with Gasteiger partial charge < -0.3 is 0 Å². The first-order valence-corrected chi connectivity index (χ1v) is 7.47. The van der Waals surface area contributed by atoms with Crippen LogP contribution in [-0.2, 0) is 12.6 Å². The molecule has 0 saturated heterocycles. The number of nitrogens with zero attached hydrogens (tertiary/aromatic N) is 2. The number of pyridine rings is 1. The molecule has 0 fully saturated rings. The molecule has 3 nitrogen and oxygen atoms in total. The Morgan fingerprint density at radius 1 is 1.14 bits per heavy atom. The molecule has 3 aromatic heterocycles. The van der Waals surface area contributed by atoms with Gasteiger partial charge in [0.15, 0.2) is 0 Å². The molecule has 3 heterocycles. The van der Waals surface area contributed by atoms with Crippen LogP contribution in [0.4, 0.5) is 13.2 Å². The molecule has 0 aliphatic rings. The zero-order chi connectivity index (χ0) is 15.7. The summed E-state index contributed by atoms with van der Waals surface area (Å²) >= 11 is 1.66. The van der Waals surface area contributed by atoms with Crippen molar-refractivity contribution in [1.82, 2.24) is 15.2 Å². The van der Waals surface area contributed by atoms with Gasteiger partial charge in [-0.05, 0) is 42.3 Å². The maximum Gasteiger partial charge on any atom is 0.432 e. The second-order valence-electron chi connectivity index (χ2n) is 4.71. The molecule has 0 aromatic carbocycles. The topological polar surface area (TPSA) is 41.6 Å². The zero-order valence-electron chi connectivity index (χ0n) is 11.6. The van der Waals surface area contributed by atoms with E-state index in [2.05, 4.69) is 23.1 Å². The Morgan fingerprint density at radius 2 is 1.95 bits per heavy atom. The van der Waals surface area contributed by atoms with Gasteiger partial charge in [-0.2, -0.15) is 18.3 Å². The molecule has 0 spiro atoms. The third-order valence-corrected chi connectivity index (χ3v) is 4.48. The van der Waals surface area contributed by atoms with Gasteiger partial charge in [-0.15, -0.1) is 11.3 Å². The van der Waals surface area contributed by atoms with Crippen LogP contribution in [0, 0.1) is 0 Å². The predicted octanol–water partition coefficient (Wildman–Crippen LogP) is 4.78. The highest BCUT2D eigenvalue weighted by Crippen LogP contribution is 2.32. The van der Waals surface area contributed by atoms with Gasteiger partial charge in [-0.3, -0.25) is 10.1 Å². The molecule has 0 saturated carbocycles. The Balaban J connectivity index is 1.95. The number of aromatic amines is 1. The monoisotopic (exact) mass is 323 g/mol. The van der Waals surface area contributed by atoms with E-state index in [0.29, 0.717) is 5.69 Å². The van der Waals surface area contributed by atoms with Crippen LogP contribution in [0.5, 0.6) is 0 Å². The molecule has 0 aliphatic carbocycles. The quantitative estimate of drug-likeness (QED) is 0.753. The summed E-state index contributed by atoms with van der Waals surface area (Å²) in [6.07, 6.45) is -1.90. The maximum atomic E-state index is 12.6. The average molecular weight is 323 g/mol. The first-order chi connectivity index (χ1) is 10.5. The molecule has 3 aromatic rings.